The van der Waals surface area contributed by atoms with Crippen LogP contribution in [-0.2, 0) is 0 Å². The minimum absolute atomic E-state index is 0.0718. The summed E-state index contributed by atoms with van der Waals surface area (Å²) < 4.78 is 12.5. The predicted molar refractivity (Wildman–Crippen MR) is 33.1 cm³/mol. The van der Waals surface area contributed by atoms with Crippen LogP contribution in [0.1, 0.15) is 17.4 Å². The van der Waals surface area contributed by atoms with E-state index in [2.05, 4.69) is 0 Å². The summed E-state index contributed by atoms with van der Waals surface area (Å²) in [5.41, 5.74) is 0.0718. The van der Waals surface area contributed by atoms with E-state index >= 15 is 0 Å². The van der Waals surface area contributed by atoms with Gasteiger partial charge >= 0.3 is 0 Å². The zero-order chi connectivity index (χ0) is 7.56. The Morgan fingerprint density at radius 1 is 1.60 bits per heavy atom. The molecular formula is C7H7FNO+. The van der Waals surface area contributed by atoms with E-state index in [1.807, 2.05) is 0 Å². The quantitative estimate of drug-likeness (QED) is 0.531. The molecule has 0 atom stereocenters. The van der Waals surface area contributed by atoms with Gasteiger partial charge in [0.2, 0.25) is 12.0 Å². The molecule has 0 saturated heterocycles. The van der Waals surface area contributed by atoms with Crippen molar-refractivity contribution in [1.82, 2.24) is 0 Å². The Labute approximate surface area is 57.9 Å². The lowest BCUT2D eigenvalue weighted by Gasteiger charge is -1.84. The molecular weight excluding hydrogens is 133 g/mol. The van der Waals surface area contributed by atoms with Gasteiger partial charge in [-0.05, 0) is 6.07 Å². The summed E-state index contributed by atoms with van der Waals surface area (Å²) in [4.78, 5) is 10.9. The van der Waals surface area contributed by atoms with Crippen molar-refractivity contribution in [3.63, 3.8) is 0 Å². The molecule has 0 N–H and O–H groups in total. The fraction of sp³-hybridized carbons (Fsp3) is 0.143. The second-order valence-electron chi connectivity index (χ2n) is 1.95. The number of rotatable bonds is 1. The van der Waals surface area contributed by atoms with Crippen molar-refractivity contribution >= 4 is 5.78 Å². The van der Waals surface area contributed by atoms with Gasteiger partial charge in [-0.2, -0.15) is 0 Å². The molecule has 0 amide bonds. The number of pyridine rings is 1. The number of ketones is 1. The van der Waals surface area contributed by atoms with E-state index in [0.717, 1.165) is 0 Å². The maximum absolute atomic E-state index is 12.5. The molecule has 1 aromatic rings. The average Bonchev–Trinajstić information content (AvgIpc) is 1.88. The van der Waals surface area contributed by atoms with Crippen LogP contribution in [-0.4, -0.2) is 5.78 Å². The maximum atomic E-state index is 12.5. The normalized spacial score (nSPS) is 9.40. The smallest absolute Gasteiger partial charge is 0.288 e. The van der Waals surface area contributed by atoms with Crippen LogP contribution in [0.25, 0.3) is 0 Å². The molecule has 0 fully saturated rings. The molecule has 2 nitrogen and oxygen atoms in total. The third kappa shape index (κ3) is 1.18. The van der Waals surface area contributed by atoms with Gasteiger partial charge in [0.05, 0.1) is 4.48 Å². The van der Waals surface area contributed by atoms with Gasteiger partial charge in [-0.25, -0.2) is 0 Å². The van der Waals surface area contributed by atoms with E-state index in [1.165, 1.54) is 25.3 Å². The number of carbonyl (C=O) groups excluding carboxylic acids is 1. The lowest BCUT2D eigenvalue weighted by Crippen LogP contribution is -2.29. The molecule has 0 aromatic carbocycles. The first kappa shape index (κ1) is 6.86. The van der Waals surface area contributed by atoms with Crippen LogP contribution in [0.2, 0.25) is 0 Å². The van der Waals surface area contributed by atoms with Gasteiger partial charge in [-0.1, -0.05) is 0 Å². The Kier molecular flexibility index (Phi) is 1.76. The summed E-state index contributed by atoms with van der Waals surface area (Å²) in [5, 5.41) is 0. The molecule has 0 aliphatic heterocycles. The molecule has 10 heavy (non-hydrogen) atoms. The first-order valence-corrected chi connectivity index (χ1v) is 2.89. The standard InChI is InChI=1S/C7H7FNO/c1-6(10)7-4-2-3-5-9(7)8/h2-5H,1H3/q+1. The molecule has 0 unspecified atom stereocenters. The highest BCUT2D eigenvalue weighted by Gasteiger charge is 2.13. The van der Waals surface area contributed by atoms with Crippen LogP contribution in [0.15, 0.2) is 24.4 Å². The van der Waals surface area contributed by atoms with Crippen molar-refractivity contribution < 1.29 is 14.1 Å². The van der Waals surface area contributed by atoms with Gasteiger partial charge in [0.15, 0.2) is 0 Å². The van der Waals surface area contributed by atoms with Gasteiger partial charge in [0.1, 0.15) is 0 Å². The Balaban J connectivity index is 3.15. The predicted octanol–water partition coefficient (Wildman–Crippen LogP) is 0.909. The van der Waals surface area contributed by atoms with E-state index in [4.69, 9.17) is 0 Å². The lowest BCUT2D eigenvalue weighted by molar-refractivity contribution is -0.845. The van der Waals surface area contributed by atoms with Crippen molar-refractivity contribution in [1.29, 1.82) is 0 Å². The Bertz CT molecular complexity index is 260. The van der Waals surface area contributed by atoms with Gasteiger partial charge < -0.3 is 0 Å². The van der Waals surface area contributed by atoms with E-state index in [-0.39, 0.29) is 11.5 Å². The summed E-state index contributed by atoms with van der Waals surface area (Å²) in [6.07, 6.45) is 1.19. The zero-order valence-electron chi connectivity index (χ0n) is 5.54. The van der Waals surface area contributed by atoms with E-state index in [1.54, 1.807) is 6.07 Å². The third-order valence-electron chi connectivity index (χ3n) is 1.17. The minimum atomic E-state index is -0.275. The number of carbonyl (C=O) groups is 1. The van der Waals surface area contributed by atoms with Crippen molar-refractivity contribution in [2.75, 3.05) is 0 Å². The van der Waals surface area contributed by atoms with E-state index < -0.39 is 0 Å². The number of halogens is 1. The zero-order valence-corrected chi connectivity index (χ0v) is 5.54. The van der Waals surface area contributed by atoms with Gasteiger partial charge in [-0.15, -0.1) is 0 Å². The molecule has 0 aliphatic rings. The van der Waals surface area contributed by atoms with Gasteiger partial charge in [-0.3, -0.25) is 4.79 Å². The van der Waals surface area contributed by atoms with Crippen molar-refractivity contribution in [2.24, 2.45) is 0 Å². The summed E-state index contributed by atoms with van der Waals surface area (Å²) in [5.74, 6) is -0.275. The van der Waals surface area contributed by atoms with Crippen LogP contribution in [0.4, 0.5) is 4.48 Å². The van der Waals surface area contributed by atoms with Gasteiger partial charge in [0, 0.05) is 23.8 Å². The number of nitrogens with zero attached hydrogens (tertiary/aromatic N) is 1. The summed E-state index contributed by atoms with van der Waals surface area (Å²) in [7, 11) is 0. The topological polar surface area (TPSA) is 20.9 Å². The molecule has 0 bridgehead atoms. The molecule has 0 saturated carbocycles. The van der Waals surface area contributed by atoms with Gasteiger partial charge in [0.25, 0.3) is 5.69 Å². The van der Waals surface area contributed by atoms with Crippen molar-refractivity contribution in [3.8, 4) is 0 Å². The minimum Gasteiger partial charge on any atom is -0.288 e. The molecule has 52 valence electrons. The molecule has 3 heteroatoms. The van der Waals surface area contributed by atoms with E-state index in [9.17, 15) is 9.28 Å². The molecule has 1 rings (SSSR count). The van der Waals surface area contributed by atoms with Crippen LogP contribution in [0.5, 0.6) is 0 Å². The Hall–Kier alpha value is -1.25. The highest BCUT2D eigenvalue weighted by atomic mass is 19.2. The molecule has 0 aliphatic carbocycles. The summed E-state index contributed by atoms with van der Waals surface area (Å²) >= 11 is 0. The fourth-order valence-electron chi connectivity index (χ4n) is 0.691. The molecule has 0 spiro atoms. The monoisotopic (exact) mass is 140 g/mol. The van der Waals surface area contributed by atoms with Crippen molar-refractivity contribution in [2.45, 2.75) is 6.92 Å². The van der Waals surface area contributed by atoms with Crippen molar-refractivity contribution in [3.05, 3.63) is 30.1 Å². The SMILES string of the molecule is CC(=O)c1cccc[n+]1F. The second kappa shape index (κ2) is 2.56. The first-order valence-electron chi connectivity index (χ1n) is 2.89. The lowest BCUT2D eigenvalue weighted by atomic mass is 10.3. The second-order valence-corrected chi connectivity index (χ2v) is 1.95. The van der Waals surface area contributed by atoms with Crippen LogP contribution >= 0.6 is 0 Å². The van der Waals surface area contributed by atoms with Crippen LogP contribution in [0.3, 0.4) is 0 Å². The summed E-state index contributed by atoms with van der Waals surface area (Å²) in [6, 6.07) is 4.57. The molecule has 1 heterocycles. The van der Waals surface area contributed by atoms with Crippen LogP contribution in [0, 0.1) is 0 Å². The number of hydrogen-bond acceptors (Lipinski definition) is 1. The Morgan fingerprint density at radius 2 is 2.30 bits per heavy atom. The average molecular weight is 140 g/mol. The Morgan fingerprint density at radius 3 is 2.70 bits per heavy atom. The third-order valence-corrected chi connectivity index (χ3v) is 1.17. The highest BCUT2D eigenvalue weighted by molar-refractivity contribution is 5.90. The first-order chi connectivity index (χ1) is 4.72. The largest absolute Gasteiger partial charge is 0.295 e. The number of hydrogen-bond donors (Lipinski definition) is 0. The fourth-order valence-corrected chi connectivity index (χ4v) is 0.691. The molecule has 0 radical (unpaired) electrons. The highest BCUT2D eigenvalue weighted by Crippen LogP contribution is 1.91. The maximum Gasteiger partial charge on any atom is 0.295 e. The van der Waals surface area contributed by atoms with E-state index in [0.29, 0.717) is 4.79 Å². The number of Topliss-reactive ketones (excluding diaryl/α,β-unsaturated/α-hetero) is 1. The summed E-state index contributed by atoms with van der Waals surface area (Å²) in [6.45, 7) is 1.32. The number of aromatic nitrogens is 1. The molecule has 1 aromatic heterocycles. The van der Waals surface area contributed by atoms with Crippen LogP contribution < -0.4 is 4.79 Å².